The van der Waals surface area contributed by atoms with Gasteiger partial charge in [-0.25, -0.2) is 4.99 Å². The molecule has 0 aromatic rings. The smallest absolute Gasteiger partial charge is 0.195 e. The molecule has 0 saturated carbocycles. The number of aliphatic hydroxyl groups is 1. The van der Waals surface area contributed by atoms with E-state index in [0.717, 1.165) is 6.42 Å². The molecule has 0 bridgehead atoms. The molecule has 5 nitrogen and oxygen atoms in total. The van der Waals surface area contributed by atoms with Crippen molar-refractivity contribution in [2.75, 3.05) is 6.61 Å². The highest BCUT2D eigenvalue weighted by Gasteiger charge is 2.25. The van der Waals surface area contributed by atoms with Gasteiger partial charge in [0.2, 0.25) is 0 Å². The molecule has 0 spiro atoms. The van der Waals surface area contributed by atoms with Crippen LogP contribution in [-0.2, 0) is 0 Å². The molecule has 1 heterocycles. The second kappa shape index (κ2) is 4.63. The number of unbranched alkanes of at least 4 members (excludes halogenated alkanes) is 1. The van der Waals surface area contributed by atoms with E-state index in [9.17, 15) is 0 Å². The van der Waals surface area contributed by atoms with Crippen molar-refractivity contribution in [3.05, 3.63) is 11.2 Å². The van der Waals surface area contributed by atoms with Crippen molar-refractivity contribution in [3.8, 4) is 0 Å². The topological polar surface area (TPSA) is 96.7 Å². The van der Waals surface area contributed by atoms with Gasteiger partial charge in [-0.15, -0.1) is 0 Å². The first-order valence-electron chi connectivity index (χ1n) is 4.46. The molecular formula is C8H15ClN4O. The quantitative estimate of drug-likeness (QED) is 0.388. The normalized spacial score (nSPS) is 26.5. The minimum absolute atomic E-state index is 0.158. The Hall–Kier alpha value is -0.780. The Kier molecular flexibility index (Phi) is 3.74. The summed E-state index contributed by atoms with van der Waals surface area (Å²) in [6.07, 6.45) is 3.73. The van der Waals surface area contributed by atoms with E-state index in [1.54, 1.807) is 6.08 Å². The highest BCUT2D eigenvalue weighted by atomic mass is 35.5. The van der Waals surface area contributed by atoms with Crippen molar-refractivity contribution in [1.29, 1.82) is 0 Å². The Morgan fingerprint density at radius 2 is 2.29 bits per heavy atom. The zero-order chi connectivity index (χ0) is 10.6. The Morgan fingerprint density at radius 3 is 2.86 bits per heavy atom. The highest BCUT2D eigenvalue weighted by Crippen LogP contribution is 2.20. The van der Waals surface area contributed by atoms with Gasteiger partial charge >= 0.3 is 0 Å². The van der Waals surface area contributed by atoms with Crippen LogP contribution in [0.25, 0.3) is 0 Å². The first-order valence-corrected chi connectivity index (χ1v) is 4.84. The zero-order valence-electron chi connectivity index (χ0n) is 7.83. The van der Waals surface area contributed by atoms with E-state index in [2.05, 4.69) is 10.3 Å². The summed E-state index contributed by atoms with van der Waals surface area (Å²) in [5, 5.41) is 11.7. The summed E-state index contributed by atoms with van der Waals surface area (Å²) < 4.78 is 0. The summed E-state index contributed by atoms with van der Waals surface area (Å²) in [4.78, 5) is 4.06. The molecule has 1 aliphatic heterocycles. The third-order valence-electron chi connectivity index (χ3n) is 1.94. The standard InChI is InChI=1S/C8H15ClN4O/c9-6-5-8(11,3-1-2-4-14)13-7(10)12-6/h5,14H,1-4,11H2,(H3,10,12,13). The van der Waals surface area contributed by atoms with Crippen LogP contribution in [0, 0.1) is 0 Å². The summed E-state index contributed by atoms with van der Waals surface area (Å²) in [5.41, 5.74) is 10.6. The van der Waals surface area contributed by atoms with Gasteiger partial charge in [-0.2, -0.15) is 0 Å². The van der Waals surface area contributed by atoms with E-state index >= 15 is 0 Å². The predicted octanol–water partition coefficient (Wildman–Crippen LogP) is -0.198. The van der Waals surface area contributed by atoms with Crippen molar-refractivity contribution < 1.29 is 5.11 Å². The van der Waals surface area contributed by atoms with E-state index in [1.807, 2.05) is 0 Å². The predicted molar refractivity (Wildman–Crippen MR) is 56.5 cm³/mol. The maximum absolute atomic E-state index is 8.63. The lowest BCUT2D eigenvalue weighted by molar-refractivity contribution is 0.278. The first kappa shape index (κ1) is 11.3. The molecule has 80 valence electrons. The molecule has 0 aliphatic carbocycles. The third-order valence-corrected chi connectivity index (χ3v) is 2.14. The number of nitrogens with zero attached hydrogens (tertiary/aromatic N) is 1. The van der Waals surface area contributed by atoms with Gasteiger partial charge in [-0.1, -0.05) is 11.6 Å². The van der Waals surface area contributed by atoms with Crippen LogP contribution in [0.1, 0.15) is 19.3 Å². The number of guanidine groups is 1. The van der Waals surface area contributed by atoms with E-state index in [-0.39, 0.29) is 12.6 Å². The first-order chi connectivity index (χ1) is 6.56. The number of rotatable bonds is 4. The second-order valence-electron chi connectivity index (χ2n) is 3.29. The van der Waals surface area contributed by atoms with Crippen molar-refractivity contribution >= 4 is 17.6 Å². The lowest BCUT2D eigenvalue weighted by Crippen LogP contribution is -2.45. The number of hydrogen-bond acceptors (Lipinski definition) is 5. The minimum atomic E-state index is -0.832. The lowest BCUT2D eigenvalue weighted by atomic mass is 10.0. The van der Waals surface area contributed by atoms with Crippen LogP contribution < -0.4 is 16.8 Å². The molecule has 1 aliphatic rings. The largest absolute Gasteiger partial charge is 0.396 e. The van der Waals surface area contributed by atoms with Crippen molar-refractivity contribution in [1.82, 2.24) is 5.32 Å². The van der Waals surface area contributed by atoms with Gasteiger partial charge in [0.15, 0.2) is 5.96 Å². The molecule has 0 aromatic carbocycles. The molecule has 14 heavy (non-hydrogen) atoms. The van der Waals surface area contributed by atoms with E-state index < -0.39 is 5.66 Å². The molecule has 0 fully saturated rings. The molecule has 1 rings (SSSR count). The summed E-state index contributed by atoms with van der Waals surface area (Å²) in [5.74, 6) is 0.226. The fourth-order valence-corrected chi connectivity index (χ4v) is 1.60. The fourth-order valence-electron chi connectivity index (χ4n) is 1.31. The molecule has 0 radical (unpaired) electrons. The summed E-state index contributed by atoms with van der Waals surface area (Å²) >= 11 is 5.77. The van der Waals surface area contributed by atoms with Crippen molar-refractivity contribution in [2.24, 2.45) is 16.5 Å². The van der Waals surface area contributed by atoms with Crippen molar-refractivity contribution in [3.63, 3.8) is 0 Å². The van der Waals surface area contributed by atoms with E-state index in [0.29, 0.717) is 18.0 Å². The second-order valence-corrected chi connectivity index (χ2v) is 3.69. The van der Waals surface area contributed by atoms with Crippen LogP contribution in [0.4, 0.5) is 0 Å². The number of aliphatic hydroxyl groups excluding tert-OH is 1. The van der Waals surface area contributed by atoms with E-state index in [1.165, 1.54) is 0 Å². The third kappa shape index (κ3) is 3.17. The Morgan fingerprint density at radius 1 is 1.57 bits per heavy atom. The van der Waals surface area contributed by atoms with E-state index in [4.69, 9.17) is 28.2 Å². The van der Waals surface area contributed by atoms with Crippen LogP contribution in [0.3, 0.4) is 0 Å². The molecular weight excluding hydrogens is 204 g/mol. The van der Waals surface area contributed by atoms with Crippen LogP contribution in [0.5, 0.6) is 0 Å². The number of hydrogen-bond donors (Lipinski definition) is 4. The lowest BCUT2D eigenvalue weighted by Gasteiger charge is -2.26. The van der Waals surface area contributed by atoms with Crippen LogP contribution in [-0.4, -0.2) is 23.3 Å². The van der Waals surface area contributed by atoms with Gasteiger partial charge in [0.25, 0.3) is 0 Å². The number of nitrogens with two attached hydrogens (primary N) is 2. The maximum Gasteiger partial charge on any atom is 0.195 e. The van der Waals surface area contributed by atoms with Gasteiger partial charge in [-0.05, 0) is 25.3 Å². The Bertz CT molecular complexity index is 246. The monoisotopic (exact) mass is 218 g/mol. The average Bonchev–Trinajstić information content (AvgIpc) is 2.01. The molecule has 0 amide bonds. The SMILES string of the molecule is NC1=NC(N)(CCCCO)C=C(Cl)N1. The number of aliphatic imine (C=N–C) groups is 1. The van der Waals surface area contributed by atoms with Crippen LogP contribution >= 0.6 is 11.6 Å². The Balaban J connectivity index is 2.58. The van der Waals surface area contributed by atoms with Crippen molar-refractivity contribution in [2.45, 2.75) is 24.9 Å². The highest BCUT2D eigenvalue weighted by molar-refractivity contribution is 6.30. The Labute approximate surface area is 87.8 Å². The zero-order valence-corrected chi connectivity index (χ0v) is 8.59. The average molecular weight is 219 g/mol. The van der Waals surface area contributed by atoms with Gasteiger partial charge in [0, 0.05) is 6.61 Å². The number of halogens is 1. The van der Waals surface area contributed by atoms with Crippen LogP contribution in [0.15, 0.2) is 16.2 Å². The van der Waals surface area contributed by atoms with Gasteiger partial charge in [-0.3, -0.25) is 0 Å². The minimum Gasteiger partial charge on any atom is -0.396 e. The summed E-state index contributed by atoms with van der Waals surface area (Å²) in [7, 11) is 0. The molecule has 0 saturated heterocycles. The molecule has 6 heteroatoms. The maximum atomic E-state index is 8.63. The summed E-state index contributed by atoms with van der Waals surface area (Å²) in [6, 6.07) is 0. The molecule has 0 aromatic heterocycles. The molecule has 6 N–H and O–H groups in total. The molecule has 1 unspecified atom stereocenters. The molecule has 1 atom stereocenters. The fraction of sp³-hybridized carbons (Fsp3) is 0.625. The van der Waals surface area contributed by atoms with Gasteiger partial charge < -0.3 is 21.9 Å². The number of nitrogens with one attached hydrogen (secondary N) is 1. The summed E-state index contributed by atoms with van der Waals surface area (Å²) in [6.45, 7) is 0.158. The van der Waals surface area contributed by atoms with Gasteiger partial charge in [0.05, 0.1) is 0 Å². The van der Waals surface area contributed by atoms with Crippen LogP contribution in [0.2, 0.25) is 0 Å². The van der Waals surface area contributed by atoms with Gasteiger partial charge in [0.1, 0.15) is 10.8 Å².